The zero-order valence-corrected chi connectivity index (χ0v) is 13.7. The molecule has 9 heteroatoms. The molecule has 0 unspecified atom stereocenters. The third-order valence-electron chi connectivity index (χ3n) is 2.99. The second-order valence-electron chi connectivity index (χ2n) is 4.76. The Kier molecular flexibility index (Phi) is 4.55. The number of rotatable bonds is 5. The Bertz CT molecular complexity index is 949. The number of sulfonamides is 2. The van der Waals surface area contributed by atoms with Gasteiger partial charge in [0.15, 0.2) is 5.78 Å². The number of ketones is 1. The maximum Gasteiger partial charge on any atom is 0.261 e. The van der Waals surface area contributed by atoms with Crippen molar-refractivity contribution in [3.05, 3.63) is 54.1 Å². The molecule has 0 bridgehead atoms. The molecule has 0 amide bonds. The molecule has 2 aromatic rings. The molecule has 7 nitrogen and oxygen atoms in total. The van der Waals surface area contributed by atoms with Crippen molar-refractivity contribution in [2.45, 2.75) is 16.7 Å². The highest BCUT2D eigenvalue weighted by Crippen LogP contribution is 2.19. The summed E-state index contributed by atoms with van der Waals surface area (Å²) in [6.45, 7) is 1.34. The Balaban J connectivity index is 2.31. The largest absolute Gasteiger partial charge is 0.295 e. The van der Waals surface area contributed by atoms with Gasteiger partial charge in [-0.2, -0.15) is 0 Å². The van der Waals surface area contributed by atoms with Gasteiger partial charge in [0.2, 0.25) is 10.0 Å². The first-order valence-electron chi connectivity index (χ1n) is 6.36. The lowest BCUT2D eigenvalue weighted by atomic mass is 10.2. The second kappa shape index (κ2) is 6.11. The molecular formula is C14H14N2O5S2. The molecule has 0 aliphatic rings. The van der Waals surface area contributed by atoms with Crippen molar-refractivity contribution < 1.29 is 21.6 Å². The van der Waals surface area contributed by atoms with Gasteiger partial charge in [0.1, 0.15) is 0 Å². The lowest BCUT2D eigenvalue weighted by Gasteiger charge is -2.09. The summed E-state index contributed by atoms with van der Waals surface area (Å²) >= 11 is 0. The highest BCUT2D eigenvalue weighted by atomic mass is 32.2. The predicted molar refractivity (Wildman–Crippen MR) is 85.1 cm³/mol. The summed E-state index contributed by atoms with van der Waals surface area (Å²) in [7, 11) is -7.75. The molecule has 23 heavy (non-hydrogen) atoms. The average Bonchev–Trinajstić information content (AvgIpc) is 2.46. The molecule has 0 atom stereocenters. The minimum Gasteiger partial charge on any atom is -0.295 e. The highest BCUT2D eigenvalue weighted by molar-refractivity contribution is 7.92. The van der Waals surface area contributed by atoms with Crippen LogP contribution in [0.4, 0.5) is 5.69 Å². The summed E-state index contributed by atoms with van der Waals surface area (Å²) in [5.41, 5.74) is 0.447. The first-order chi connectivity index (χ1) is 10.6. The third-order valence-corrected chi connectivity index (χ3v) is 5.29. The van der Waals surface area contributed by atoms with Crippen LogP contribution in [0.1, 0.15) is 17.3 Å². The topological polar surface area (TPSA) is 123 Å². The Morgan fingerprint density at radius 3 is 2.09 bits per heavy atom. The monoisotopic (exact) mass is 354 g/mol. The van der Waals surface area contributed by atoms with Crippen molar-refractivity contribution in [3.63, 3.8) is 0 Å². The molecule has 0 aromatic heterocycles. The van der Waals surface area contributed by atoms with E-state index in [9.17, 15) is 21.6 Å². The standard InChI is InChI=1S/C14H14N2O5S2/c1-10(17)11-3-2-4-14(9-11)23(20,21)16-12-5-7-13(8-6-12)22(15,18)19/h2-9,16H,1H3,(H2,15,18,19). The van der Waals surface area contributed by atoms with Gasteiger partial charge in [0.05, 0.1) is 9.79 Å². The SMILES string of the molecule is CC(=O)c1cccc(S(=O)(=O)Nc2ccc(S(N)(=O)=O)cc2)c1. The van der Waals surface area contributed by atoms with Crippen molar-refractivity contribution in [1.82, 2.24) is 0 Å². The Morgan fingerprint density at radius 1 is 0.957 bits per heavy atom. The number of primary sulfonamides is 1. The van der Waals surface area contributed by atoms with Crippen LogP contribution in [0.3, 0.4) is 0 Å². The van der Waals surface area contributed by atoms with E-state index in [1.54, 1.807) is 0 Å². The summed E-state index contributed by atoms with van der Waals surface area (Å²) in [4.78, 5) is 11.1. The molecule has 0 aliphatic carbocycles. The zero-order chi connectivity index (χ0) is 17.3. The van der Waals surface area contributed by atoms with Crippen molar-refractivity contribution in [1.29, 1.82) is 0 Å². The molecule has 0 heterocycles. The molecule has 0 fully saturated rings. The van der Waals surface area contributed by atoms with Gasteiger partial charge in [0, 0.05) is 11.3 Å². The van der Waals surface area contributed by atoms with Crippen molar-refractivity contribution in [3.8, 4) is 0 Å². The van der Waals surface area contributed by atoms with E-state index >= 15 is 0 Å². The first kappa shape index (κ1) is 17.1. The van der Waals surface area contributed by atoms with Gasteiger partial charge in [-0.05, 0) is 43.3 Å². The minimum absolute atomic E-state index is 0.0688. The zero-order valence-electron chi connectivity index (χ0n) is 12.1. The fraction of sp³-hybridized carbons (Fsp3) is 0.0714. The summed E-state index contributed by atoms with van der Waals surface area (Å²) < 4.78 is 49.2. The lowest BCUT2D eigenvalue weighted by Crippen LogP contribution is -2.14. The molecule has 2 aromatic carbocycles. The third kappa shape index (κ3) is 4.15. The number of nitrogens with two attached hydrogens (primary N) is 1. The van der Waals surface area contributed by atoms with E-state index in [0.717, 1.165) is 0 Å². The first-order valence-corrected chi connectivity index (χ1v) is 9.39. The molecule has 0 saturated heterocycles. The summed E-state index contributed by atoms with van der Waals surface area (Å²) in [5, 5.41) is 4.97. The molecular weight excluding hydrogens is 340 g/mol. The van der Waals surface area contributed by atoms with Crippen LogP contribution in [0.15, 0.2) is 58.3 Å². The van der Waals surface area contributed by atoms with Crippen LogP contribution in [0.5, 0.6) is 0 Å². The summed E-state index contributed by atoms with van der Waals surface area (Å²) in [6.07, 6.45) is 0. The van der Waals surface area contributed by atoms with Gasteiger partial charge in [-0.1, -0.05) is 12.1 Å². The molecule has 0 radical (unpaired) electrons. The number of nitrogens with one attached hydrogen (secondary N) is 1. The van der Waals surface area contributed by atoms with E-state index in [1.807, 2.05) is 0 Å². The van der Waals surface area contributed by atoms with Gasteiger partial charge < -0.3 is 0 Å². The number of carbonyl (C=O) groups is 1. The molecule has 2 rings (SSSR count). The number of carbonyl (C=O) groups excluding carboxylic acids is 1. The van der Waals surface area contributed by atoms with E-state index in [-0.39, 0.29) is 26.8 Å². The Labute approximate surface area is 134 Å². The fourth-order valence-corrected chi connectivity index (χ4v) is 3.43. The van der Waals surface area contributed by atoms with Crippen molar-refractivity contribution in [2.75, 3.05) is 4.72 Å². The van der Waals surface area contributed by atoms with Gasteiger partial charge in [-0.25, -0.2) is 22.0 Å². The maximum absolute atomic E-state index is 12.3. The lowest BCUT2D eigenvalue weighted by molar-refractivity contribution is 0.101. The van der Waals surface area contributed by atoms with Crippen LogP contribution in [0, 0.1) is 0 Å². The van der Waals surface area contributed by atoms with E-state index in [0.29, 0.717) is 0 Å². The minimum atomic E-state index is -3.90. The summed E-state index contributed by atoms with van der Waals surface area (Å²) in [5.74, 6) is -0.250. The van der Waals surface area contributed by atoms with E-state index < -0.39 is 20.0 Å². The van der Waals surface area contributed by atoms with Gasteiger partial charge in [0.25, 0.3) is 10.0 Å². The maximum atomic E-state index is 12.3. The fourth-order valence-electron chi connectivity index (χ4n) is 1.81. The summed E-state index contributed by atoms with van der Waals surface area (Å²) in [6, 6.07) is 10.6. The normalized spacial score (nSPS) is 11.9. The molecule has 0 spiro atoms. The van der Waals surface area contributed by atoms with Crippen LogP contribution in [-0.2, 0) is 20.0 Å². The number of anilines is 1. The van der Waals surface area contributed by atoms with Crippen molar-refractivity contribution >= 4 is 31.5 Å². The number of hydrogen-bond acceptors (Lipinski definition) is 5. The quantitative estimate of drug-likeness (QED) is 0.784. The predicted octanol–water partition coefficient (Wildman–Crippen LogP) is 1.34. The van der Waals surface area contributed by atoms with Gasteiger partial charge >= 0.3 is 0 Å². The molecule has 122 valence electrons. The van der Waals surface area contributed by atoms with E-state index in [1.165, 1.54) is 55.5 Å². The highest BCUT2D eigenvalue weighted by Gasteiger charge is 2.16. The van der Waals surface area contributed by atoms with Crippen molar-refractivity contribution in [2.24, 2.45) is 5.14 Å². The van der Waals surface area contributed by atoms with Gasteiger partial charge in [-0.3, -0.25) is 9.52 Å². The van der Waals surface area contributed by atoms with E-state index in [2.05, 4.69) is 4.72 Å². The van der Waals surface area contributed by atoms with Crippen LogP contribution in [0.2, 0.25) is 0 Å². The second-order valence-corrected chi connectivity index (χ2v) is 8.00. The van der Waals surface area contributed by atoms with E-state index in [4.69, 9.17) is 5.14 Å². The molecule has 3 N–H and O–H groups in total. The van der Waals surface area contributed by atoms with Gasteiger partial charge in [-0.15, -0.1) is 0 Å². The van der Waals surface area contributed by atoms with Crippen LogP contribution in [-0.4, -0.2) is 22.6 Å². The smallest absolute Gasteiger partial charge is 0.261 e. The molecule has 0 saturated carbocycles. The molecule has 0 aliphatic heterocycles. The number of Topliss-reactive ketones (excluding diaryl/α,β-unsaturated/α-hetero) is 1. The van der Waals surface area contributed by atoms with Crippen LogP contribution < -0.4 is 9.86 Å². The number of hydrogen-bond donors (Lipinski definition) is 2. The average molecular weight is 354 g/mol. The number of benzene rings is 2. The van der Waals surface area contributed by atoms with Crippen LogP contribution >= 0.6 is 0 Å². The Hall–Kier alpha value is -2.23. The van der Waals surface area contributed by atoms with Crippen LogP contribution in [0.25, 0.3) is 0 Å². The Morgan fingerprint density at radius 2 is 1.57 bits per heavy atom.